The van der Waals surface area contributed by atoms with Crippen molar-refractivity contribution < 1.29 is 9.53 Å². The molecule has 0 spiro atoms. The van der Waals surface area contributed by atoms with Gasteiger partial charge in [0.25, 0.3) is 0 Å². The molecular formula is C13H20N2O2S. The van der Waals surface area contributed by atoms with Gasteiger partial charge in [-0.3, -0.25) is 0 Å². The fourth-order valence-electron chi connectivity index (χ4n) is 2.13. The van der Waals surface area contributed by atoms with E-state index < -0.39 is 0 Å². The Morgan fingerprint density at radius 2 is 2.28 bits per heavy atom. The summed E-state index contributed by atoms with van der Waals surface area (Å²) < 4.78 is 4.69. The van der Waals surface area contributed by atoms with E-state index in [1.165, 1.54) is 31.3 Å². The number of anilines is 2. The molecule has 2 rings (SSSR count). The molecule has 3 N–H and O–H groups in total. The van der Waals surface area contributed by atoms with Crippen molar-refractivity contribution in [1.82, 2.24) is 0 Å². The fraction of sp³-hybridized carbons (Fsp3) is 0.615. The van der Waals surface area contributed by atoms with Gasteiger partial charge in [-0.25, -0.2) is 4.79 Å². The van der Waals surface area contributed by atoms with E-state index in [2.05, 4.69) is 19.2 Å². The molecule has 0 bridgehead atoms. The van der Waals surface area contributed by atoms with Gasteiger partial charge in [-0.2, -0.15) is 0 Å². The van der Waals surface area contributed by atoms with Crippen LogP contribution in [0.3, 0.4) is 0 Å². The smallest absolute Gasteiger partial charge is 0.350 e. The van der Waals surface area contributed by atoms with E-state index >= 15 is 0 Å². The van der Waals surface area contributed by atoms with Crippen LogP contribution >= 0.6 is 11.3 Å². The number of nitrogens with two attached hydrogens (primary N) is 1. The lowest BCUT2D eigenvalue weighted by molar-refractivity contribution is 0.0607. The third-order valence-corrected chi connectivity index (χ3v) is 4.95. The Labute approximate surface area is 112 Å². The van der Waals surface area contributed by atoms with Crippen LogP contribution in [0, 0.1) is 11.3 Å². The average Bonchev–Trinajstić information content (AvgIpc) is 3.05. The van der Waals surface area contributed by atoms with Gasteiger partial charge in [-0.05, 0) is 30.2 Å². The predicted octanol–water partition coefficient (Wildman–Crippen LogP) is 2.97. The zero-order valence-electron chi connectivity index (χ0n) is 11.1. The van der Waals surface area contributed by atoms with E-state index in [-0.39, 0.29) is 5.97 Å². The molecule has 0 aliphatic heterocycles. The quantitative estimate of drug-likeness (QED) is 0.806. The van der Waals surface area contributed by atoms with Crippen LogP contribution in [0.25, 0.3) is 0 Å². The highest BCUT2D eigenvalue weighted by atomic mass is 32.1. The molecule has 0 unspecified atom stereocenters. The van der Waals surface area contributed by atoms with Crippen LogP contribution in [0.4, 0.5) is 10.7 Å². The van der Waals surface area contributed by atoms with E-state index in [0.717, 1.165) is 11.5 Å². The molecule has 4 nitrogen and oxygen atoms in total. The topological polar surface area (TPSA) is 64.3 Å². The molecule has 1 aromatic rings. The van der Waals surface area contributed by atoms with Crippen molar-refractivity contribution >= 4 is 28.0 Å². The van der Waals surface area contributed by atoms with Crippen molar-refractivity contribution in [3.63, 3.8) is 0 Å². The lowest BCUT2D eigenvalue weighted by Crippen LogP contribution is -2.20. The van der Waals surface area contributed by atoms with Gasteiger partial charge in [0, 0.05) is 6.54 Å². The summed E-state index contributed by atoms with van der Waals surface area (Å²) in [5.74, 6) is 0.318. The number of ether oxygens (including phenoxy) is 1. The number of thiophene rings is 1. The Hall–Kier alpha value is -1.23. The Balaban J connectivity index is 2.01. The molecule has 0 amide bonds. The Morgan fingerprint density at radius 1 is 1.61 bits per heavy atom. The predicted molar refractivity (Wildman–Crippen MR) is 75.1 cm³/mol. The van der Waals surface area contributed by atoms with Gasteiger partial charge in [0.15, 0.2) is 0 Å². The van der Waals surface area contributed by atoms with Crippen LogP contribution in [-0.2, 0) is 4.74 Å². The van der Waals surface area contributed by atoms with Crippen LogP contribution < -0.4 is 11.1 Å². The maximum absolute atomic E-state index is 11.4. The number of carbonyl (C=O) groups excluding carboxylic acids is 1. The number of nitrogens with one attached hydrogen (secondary N) is 1. The highest BCUT2D eigenvalue weighted by Gasteiger charge is 2.44. The van der Waals surface area contributed by atoms with Crippen molar-refractivity contribution in [3.05, 3.63) is 10.9 Å². The lowest BCUT2D eigenvalue weighted by atomic mass is 9.92. The molecule has 100 valence electrons. The summed E-state index contributed by atoms with van der Waals surface area (Å²) in [7, 11) is 1.37. The lowest BCUT2D eigenvalue weighted by Gasteiger charge is -2.19. The monoisotopic (exact) mass is 268 g/mol. The van der Waals surface area contributed by atoms with Crippen molar-refractivity contribution in [1.29, 1.82) is 0 Å². The molecule has 5 heteroatoms. The molecule has 1 fully saturated rings. The molecule has 1 aliphatic rings. The van der Waals surface area contributed by atoms with E-state index in [1.54, 1.807) is 0 Å². The number of methoxy groups -OCH3 is 1. The number of hydrogen-bond donors (Lipinski definition) is 2. The van der Waals surface area contributed by atoms with E-state index in [1.807, 2.05) is 6.07 Å². The van der Waals surface area contributed by atoms with E-state index in [4.69, 9.17) is 10.5 Å². The number of nitrogen functional groups attached to an aromatic ring is 1. The minimum absolute atomic E-state index is 0.365. The molecule has 18 heavy (non-hydrogen) atoms. The SMILES string of the molecule is COC(=O)c1sc(NCC2(C(C)C)CC2)cc1N. The molecular weight excluding hydrogens is 248 g/mol. The van der Waals surface area contributed by atoms with Crippen molar-refractivity contribution in [2.45, 2.75) is 26.7 Å². The molecule has 1 aliphatic carbocycles. The third-order valence-electron chi connectivity index (χ3n) is 3.86. The van der Waals surface area contributed by atoms with Crippen LogP contribution in [-0.4, -0.2) is 19.6 Å². The van der Waals surface area contributed by atoms with Crippen molar-refractivity contribution in [3.8, 4) is 0 Å². The summed E-state index contributed by atoms with van der Waals surface area (Å²) in [6.45, 7) is 5.47. The van der Waals surface area contributed by atoms with Gasteiger partial charge in [-0.1, -0.05) is 13.8 Å². The van der Waals surface area contributed by atoms with Crippen molar-refractivity contribution in [2.75, 3.05) is 24.7 Å². The number of esters is 1. The van der Waals surface area contributed by atoms with Gasteiger partial charge in [0.2, 0.25) is 0 Å². The Bertz CT molecular complexity index is 450. The maximum atomic E-state index is 11.4. The first-order valence-electron chi connectivity index (χ1n) is 6.20. The molecule has 0 atom stereocenters. The summed E-state index contributed by atoms with van der Waals surface area (Å²) >= 11 is 1.36. The van der Waals surface area contributed by atoms with Crippen LogP contribution in [0.2, 0.25) is 0 Å². The summed E-state index contributed by atoms with van der Waals surface area (Å²) in [5.41, 5.74) is 6.73. The van der Waals surface area contributed by atoms with Gasteiger partial charge < -0.3 is 15.8 Å². The molecule has 1 heterocycles. The summed E-state index contributed by atoms with van der Waals surface area (Å²) in [4.78, 5) is 11.9. The zero-order chi connectivity index (χ0) is 13.3. The van der Waals surface area contributed by atoms with Gasteiger partial charge in [-0.15, -0.1) is 11.3 Å². The minimum atomic E-state index is -0.365. The van der Waals surface area contributed by atoms with Crippen molar-refractivity contribution in [2.24, 2.45) is 11.3 Å². The largest absolute Gasteiger partial charge is 0.465 e. The zero-order valence-corrected chi connectivity index (χ0v) is 11.9. The van der Waals surface area contributed by atoms with Crippen LogP contribution in [0.1, 0.15) is 36.4 Å². The van der Waals surface area contributed by atoms with E-state index in [9.17, 15) is 4.79 Å². The first-order valence-corrected chi connectivity index (χ1v) is 7.01. The number of rotatable bonds is 5. The first kappa shape index (κ1) is 13.2. The highest BCUT2D eigenvalue weighted by molar-refractivity contribution is 7.18. The molecule has 1 aromatic heterocycles. The minimum Gasteiger partial charge on any atom is -0.465 e. The highest BCUT2D eigenvalue weighted by Crippen LogP contribution is 2.52. The van der Waals surface area contributed by atoms with Crippen LogP contribution in [0.5, 0.6) is 0 Å². The van der Waals surface area contributed by atoms with Gasteiger partial charge in [0.05, 0.1) is 17.8 Å². The standard InChI is InChI=1S/C13H20N2O2S/c1-8(2)13(4-5-13)7-15-10-6-9(14)11(18-10)12(16)17-3/h6,8,15H,4-5,7,14H2,1-3H3. The average molecular weight is 268 g/mol. The third kappa shape index (κ3) is 2.46. The number of hydrogen-bond acceptors (Lipinski definition) is 5. The van der Waals surface area contributed by atoms with Gasteiger partial charge >= 0.3 is 5.97 Å². The normalized spacial score (nSPS) is 16.7. The second kappa shape index (κ2) is 4.80. The summed E-state index contributed by atoms with van der Waals surface area (Å²) in [6, 6.07) is 1.81. The summed E-state index contributed by atoms with van der Waals surface area (Å²) in [5, 5.41) is 4.34. The second-order valence-electron chi connectivity index (χ2n) is 5.26. The molecule has 0 saturated heterocycles. The number of carbonyl (C=O) groups is 1. The van der Waals surface area contributed by atoms with E-state index in [0.29, 0.717) is 21.9 Å². The Morgan fingerprint density at radius 3 is 2.78 bits per heavy atom. The van der Waals surface area contributed by atoms with Gasteiger partial charge in [0.1, 0.15) is 4.88 Å². The first-order chi connectivity index (χ1) is 8.48. The maximum Gasteiger partial charge on any atom is 0.350 e. The molecule has 1 saturated carbocycles. The second-order valence-corrected chi connectivity index (χ2v) is 6.31. The molecule has 0 radical (unpaired) electrons. The van der Waals surface area contributed by atoms with Crippen LogP contribution in [0.15, 0.2) is 6.07 Å². The molecule has 0 aromatic carbocycles. The fourth-order valence-corrected chi connectivity index (χ4v) is 3.02. The summed E-state index contributed by atoms with van der Waals surface area (Å²) in [6.07, 6.45) is 2.56. The Kier molecular flexibility index (Phi) is 3.52.